The number of imidazole rings is 1. The zero-order chi connectivity index (χ0) is 13.2. The number of fused-ring (bicyclic) bond motifs is 1. The lowest BCUT2D eigenvalue weighted by atomic mass is 10.1. The van der Waals surface area contributed by atoms with Crippen molar-refractivity contribution in [3.63, 3.8) is 0 Å². The molecule has 94 valence electrons. The lowest BCUT2D eigenvalue weighted by Gasteiger charge is -2.14. The van der Waals surface area contributed by atoms with Crippen LogP contribution < -0.4 is 0 Å². The Balaban J connectivity index is 2.18. The minimum absolute atomic E-state index is 0.568. The molecule has 5 nitrogen and oxygen atoms in total. The van der Waals surface area contributed by atoms with Gasteiger partial charge in [0.15, 0.2) is 11.7 Å². The summed E-state index contributed by atoms with van der Waals surface area (Å²) in [5.74, 6) is -0.934. The fourth-order valence-corrected chi connectivity index (χ4v) is 2.11. The van der Waals surface area contributed by atoms with Crippen LogP contribution in [0.1, 0.15) is 11.6 Å². The van der Waals surface area contributed by atoms with Crippen LogP contribution in [-0.2, 0) is 4.79 Å². The fraction of sp³-hybridized carbons (Fsp3) is 0.0714. The predicted molar refractivity (Wildman–Crippen MR) is 69.7 cm³/mol. The maximum atomic E-state index is 11.6. The van der Waals surface area contributed by atoms with E-state index in [-0.39, 0.29) is 0 Å². The number of hydrogen-bond donors (Lipinski definition) is 1. The van der Waals surface area contributed by atoms with Gasteiger partial charge in [0.1, 0.15) is 5.52 Å². The van der Waals surface area contributed by atoms with Crippen molar-refractivity contribution in [2.24, 2.45) is 0 Å². The van der Waals surface area contributed by atoms with Crippen molar-refractivity contribution in [2.45, 2.75) is 6.04 Å². The smallest absolute Gasteiger partial charge is 0.331 e. The number of pyridine rings is 1. The third kappa shape index (κ3) is 1.95. The summed E-state index contributed by atoms with van der Waals surface area (Å²) < 4.78 is 1.58. The highest BCUT2D eigenvalue weighted by molar-refractivity contribution is 5.80. The Morgan fingerprint density at radius 1 is 1.11 bits per heavy atom. The molecule has 0 radical (unpaired) electrons. The molecule has 0 bridgehead atoms. The molecule has 5 heteroatoms. The molecule has 0 aliphatic carbocycles. The number of aliphatic carboxylic acids is 1. The first kappa shape index (κ1) is 11.4. The van der Waals surface area contributed by atoms with Gasteiger partial charge < -0.3 is 5.11 Å². The lowest BCUT2D eigenvalue weighted by molar-refractivity contribution is -0.139. The molecule has 0 amide bonds. The minimum atomic E-state index is -0.934. The summed E-state index contributed by atoms with van der Waals surface area (Å²) in [7, 11) is 0. The normalized spacial score (nSPS) is 12.4. The van der Waals surface area contributed by atoms with E-state index >= 15 is 0 Å². The van der Waals surface area contributed by atoms with Gasteiger partial charge in [-0.25, -0.2) is 14.8 Å². The fourth-order valence-electron chi connectivity index (χ4n) is 2.11. The summed E-state index contributed by atoms with van der Waals surface area (Å²) >= 11 is 0. The molecule has 2 heterocycles. The van der Waals surface area contributed by atoms with Gasteiger partial charge in [0.05, 0.1) is 6.33 Å². The quantitative estimate of drug-likeness (QED) is 0.776. The molecule has 0 aliphatic rings. The van der Waals surface area contributed by atoms with E-state index in [4.69, 9.17) is 0 Å². The van der Waals surface area contributed by atoms with Crippen LogP contribution in [-0.4, -0.2) is 25.6 Å². The standard InChI is InChI=1S/C14H11N3O2/c18-14(19)12(10-5-2-1-3-6-10)17-9-16-11-7-4-8-15-13(11)17/h1-9,12H,(H,18,19). The van der Waals surface area contributed by atoms with Gasteiger partial charge in [0.2, 0.25) is 0 Å². The molecule has 0 spiro atoms. The number of carbonyl (C=O) groups is 1. The van der Waals surface area contributed by atoms with Gasteiger partial charge in [-0.3, -0.25) is 4.57 Å². The second kappa shape index (κ2) is 4.53. The third-order valence-electron chi connectivity index (χ3n) is 2.96. The van der Waals surface area contributed by atoms with Crippen LogP contribution >= 0.6 is 0 Å². The number of hydrogen-bond acceptors (Lipinski definition) is 3. The summed E-state index contributed by atoms with van der Waals surface area (Å²) in [6.45, 7) is 0. The van der Waals surface area contributed by atoms with Crippen molar-refractivity contribution in [2.75, 3.05) is 0 Å². The Bertz CT molecular complexity index is 722. The average Bonchev–Trinajstić information content (AvgIpc) is 2.84. The average molecular weight is 253 g/mol. The Labute approximate surface area is 109 Å². The monoisotopic (exact) mass is 253 g/mol. The van der Waals surface area contributed by atoms with Crippen LogP contribution in [0, 0.1) is 0 Å². The van der Waals surface area contributed by atoms with E-state index in [1.807, 2.05) is 24.3 Å². The zero-order valence-corrected chi connectivity index (χ0v) is 9.97. The molecule has 1 unspecified atom stereocenters. The maximum Gasteiger partial charge on any atom is 0.331 e. The van der Waals surface area contributed by atoms with E-state index in [0.717, 1.165) is 0 Å². The summed E-state index contributed by atoms with van der Waals surface area (Å²) in [4.78, 5) is 20.0. The molecule has 0 saturated heterocycles. The second-order valence-corrected chi connectivity index (χ2v) is 4.15. The van der Waals surface area contributed by atoms with Crippen LogP contribution in [0.3, 0.4) is 0 Å². The zero-order valence-electron chi connectivity index (χ0n) is 9.97. The van der Waals surface area contributed by atoms with E-state index in [2.05, 4.69) is 9.97 Å². The second-order valence-electron chi connectivity index (χ2n) is 4.15. The molecule has 1 N–H and O–H groups in total. The Morgan fingerprint density at radius 2 is 1.89 bits per heavy atom. The van der Waals surface area contributed by atoms with Gasteiger partial charge >= 0.3 is 5.97 Å². The minimum Gasteiger partial charge on any atom is -0.479 e. The molecular weight excluding hydrogens is 242 g/mol. The molecular formula is C14H11N3O2. The lowest BCUT2D eigenvalue weighted by Crippen LogP contribution is -2.19. The van der Waals surface area contributed by atoms with Gasteiger partial charge in [-0.1, -0.05) is 30.3 Å². The first-order valence-corrected chi connectivity index (χ1v) is 5.82. The first-order valence-electron chi connectivity index (χ1n) is 5.82. The molecule has 3 rings (SSSR count). The number of nitrogens with zero attached hydrogens (tertiary/aromatic N) is 3. The maximum absolute atomic E-state index is 11.6. The van der Waals surface area contributed by atoms with Crippen LogP contribution in [0.2, 0.25) is 0 Å². The van der Waals surface area contributed by atoms with Gasteiger partial charge in [-0.2, -0.15) is 0 Å². The Morgan fingerprint density at radius 3 is 2.63 bits per heavy atom. The molecule has 2 aromatic heterocycles. The van der Waals surface area contributed by atoms with Crippen LogP contribution in [0.5, 0.6) is 0 Å². The van der Waals surface area contributed by atoms with E-state index in [1.54, 1.807) is 29.0 Å². The topological polar surface area (TPSA) is 68.0 Å². The van der Waals surface area contributed by atoms with Gasteiger partial charge in [-0.05, 0) is 17.7 Å². The van der Waals surface area contributed by atoms with Crippen molar-refractivity contribution in [1.82, 2.24) is 14.5 Å². The van der Waals surface area contributed by atoms with Crippen LogP contribution in [0.15, 0.2) is 55.0 Å². The molecule has 3 aromatic rings. The van der Waals surface area contributed by atoms with E-state index in [9.17, 15) is 9.90 Å². The largest absolute Gasteiger partial charge is 0.479 e. The number of rotatable bonds is 3. The highest BCUT2D eigenvalue weighted by Crippen LogP contribution is 2.22. The van der Waals surface area contributed by atoms with E-state index in [0.29, 0.717) is 16.7 Å². The number of aromatic nitrogens is 3. The Kier molecular flexibility index (Phi) is 2.72. The summed E-state index contributed by atoms with van der Waals surface area (Å²) in [6.07, 6.45) is 3.15. The highest BCUT2D eigenvalue weighted by Gasteiger charge is 2.23. The summed E-state index contributed by atoms with van der Waals surface area (Å²) in [5, 5.41) is 9.48. The first-order chi connectivity index (χ1) is 9.27. The van der Waals surface area contributed by atoms with Gasteiger partial charge in [-0.15, -0.1) is 0 Å². The highest BCUT2D eigenvalue weighted by atomic mass is 16.4. The van der Waals surface area contributed by atoms with Crippen molar-refractivity contribution in [1.29, 1.82) is 0 Å². The Hall–Kier alpha value is -2.69. The van der Waals surface area contributed by atoms with E-state index < -0.39 is 12.0 Å². The number of carboxylic acids is 1. The van der Waals surface area contributed by atoms with Gasteiger partial charge in [0.25, 0.3) is 0 Å². The van der Waals surface area contributed by atoms with Gasteiger partial charge in [0, 0.05) is 6.20 Å². The van der Waals surface area contributed by atoms with Crippen LogP contribution in [0.25, 0.3) is 11.2 Å². The van der Waals surface area contributed by atoms with Crippen molar-refractivity contribution in [3.05, 3.63) is 60.6 Å². The summed E-state index contributed by atoms with van der Waals surface area (Å²) in [6, 6.07) is 11.8. The molecule has 19 heavy (non-hydrogen) atoms. The molecule has 0 fully saturated rings. The molecule has 1 aromatic carbocycles. The van der Waals surface area contributed by atoms with Crippen molar-refractivity contribution in [3.8, 4) is 0 Å². The van der Waals surface area contributed by atoms with Crippen LogP contribution in [0.4, 0.5) is 0 Å². The van der Waals surface area contributed by atoms with Crippen molar-refractivity contribution >= 4 is 17.1 Å². The predicted octanol–water partition coefficient (Wildman–Crippen LogP) is 2.11. The third-order valence-corrected chi connectivity index (χ3v) is 2.96. The SMILES string of the molecule is O=C(O)C(c1ccccc1)n1cnc2cccnc21. The molecule has 0 saturated carbocycles. The summed E-state index contributed by atoms with van der Waals surface area (Å²) in [5.41, 5.74) is 1.95. The molecule has 0 aliphatic heterocycles. The molecule has 1 atom stereocenters. The number of benzene rings is 1. The van der Waals surface area contributed by atoms with Crippen molar-refractivity contribution < 1.29 is 9.90 Å². The number of carboxylic acid groups (broad SMARTS) is 1. The van der Waals surface area contributed by atoms with E-state index in [1.165, 1.54) is 6.33 Å².